The van der Waals surface area contributed by atoms with Crippen molar-refractivity contribution in [2.75, 3.05) is 24.3 Å². The van der Waals surface area contributed by atoms with Gasteiger partial charge in [0, 0.05) is 45.6 Å². The molecule has 3 N–H and O–H groups in total. The van der Waals surface area contributed by atoms with Crippen LogP contribution in [0.2, 0.25) is 5.02 Å². The third kappa shape index (κ3) is 4.20. The van der Waals surface area contributed by atoms with Crippen molar-refractivity contribution >= 4 is 34.0 Å². The van der Waals surface area contributed by atoms with E-state index in [-0.39, 0.29) is 5.91 Å². The van der Waals surface area contributed by atoms with Gasteiger partial charge in [-0.2, -0.15) is 0 Å². The number of hydrogen-bond acceptors (Lipinski definition) is 3. The molecular formula is C10H13ClN2O2S. The van der Waals surface area contributed by atoms with Gasteiger partial charge >= 0.3 is 0 Å². The monoisotopic (exact) mass is 260 g/mol. The van der Waals surface area contributed by atoms with Gasteiger partial charge in [0.2, 0.25) is 0 Å². The highest BCUT2D eigenvalue weighted by molar-refractivity contribution is 7.84. The SMILES string of the molecule is CS(=O)CCNC(=O)c1cc(N)cc(Cl)c1. The van der Waals surface area contributed by atoms with Crippen molar-refractivity contribution in [1.82, 2.24) is 5.32 Å². The van der Waals surface area contributed by atoms with Crippen LogP contribution in [-0.4, -0.2) is 28.7 Å². The highest BCUT2D eigenvalue weighted by Crippen LogP contribution is 2.16. The molecular weight excluding hydrogens is 248 g/mol. The summed E-state index contributed by atoms with van der Waals surface area (Å²) >= 11 is 5.77. The van der Waals surface area contributed by atoms with E-state index in [9.17, 15) is 9.00 Å². The third-order valence-corrected chi connectivity index (χ3v) is 2.85. The molecule has 1 atom stereocenters. The lowest BCUT2D eigenvalue weighted by Crippen LogP contribution is -2.27. The van der Waals surface area contributed by atoms with Crippen LogP contribution in [0.4, 0.5) is 5.69 Å². The van der Waals surface area contributed by atoms with E-state index in [1.54, 1.807) is 18.4 Å². The molecule has 0 aromatic heterocycles. The van der Waals surface area contributed by atoms with Gasteiger partial charge in [0.05, 0.1) is 0 Å². The second-order valence-corrected chi connectivity index (χ2v) is 5.30. The number of nitrogen functional groups attached to an aromatic ring is 1. The predicted molar refractivity (Wildman–Crippen MR) is 67.1 cm³/mol. The largest absolute Gasteiger partial charge is 0.399 e. The highest BCUT2D eigenvalue weighted by Gasteiger charge is 2.06. The number of halogens is 1. The summed E-state index contributed by atoms with van der Waals surface area (Å²) in [6.07, 6.45) is 1.59. The topological polar surface area (TPSA) is 72.2 Å². The van der Waals surface area contributed by atoms with Crippen LogP contribution in [0, 0.1) is 0 Å². The van der Waals surface area contributed by atoms with Crippen molar-refractivity contribution in [2.24, 2.45) is 0 Å². The van der Waals surface area contributed by atoms with Gasteiger partial charge in [0.15, 0.2) is 0 Å². The van der Waals surface area contributed by atoms with E-state index in [0.717, 1.165) is 0 Å². The Labute approximate surface area is 102 Å². The number of carbonyl (C=O) groups excluding carboxylic acids is 1. The van der Waals surface area contributed by atoms with Crippen molar-refractivity contribution in [3.05, 3.63) is 28.8 Å². The maximum atomic E-state index is 11.6. The van der Waals surface area contributed by atoms with Crippen LogP contribution < -0.4 is 11.1 Å². The van der Waals surface area contributed by atoms with Gasteiger partial charge in [-0.1, -0.05) is 11.6 Å². The van der Waals surface area contributed by atoms with E-state index >= 15 is 0 Å². The predicted octanol–water partition coefficient (Wildman–Crippen LogP) is 1.03. The zero-order valence-electron chi connectivity index (χ0n) is 8.83. The summed E-state index contributed by atoms with van der Waals surface area (Å²) < 4.78 is 10.8. The zero-order valence-corrected chi connectivity index (χ0v) is 10.4. The molecule has 88 valence electrons. The Kier molecular flexibility index (Phi) is 4.76. The number of hydrogen-bond donors (Lipinski definition) is 2. The summed E-state index contributed by atoms with van der Waals surface area (Å²) in [7, 11) is -0.913. The molecule has 6 heteroatoms. The fraction of sp³-hybridized carbons (Fsp3) is 0.300. The van der Waals surface area contributed by atoms with Crippen molar-refractivity contribution in [3.8, 4) is 0 Å². The number of nitrogens with two attached hydrogens (primary N) is 1. The number of rotatable bonds is 4. The fourth-order valence-corrected chi connectivity index (χ4v) is 1.79. The maximum Gasteiger partial charge on any atom is 0.251 e. The third-order valence-electron chi connectivity index (χ3n) is 1.86. The molecule has 0 fully saturated rings. The second-order valence-electron chi connectivity index (χ2n) is 3.31. The second kappa shape index (κ2) is 5.86. The molecule has 1 unspecified atom stereocenters. The van der Waals surface area contributed by atoms with Crippen LogP contribution in [0.3, 0.4) is 0 Å². The molecule has 0 bridgehead atoms. The maximum absolute atomic E-state index is 11.6. The molecule has 1 aromatic rings. The molecule has 16 heavy (non-hydrogen) atoms. The van der Waals surface area contributed by atoms with Gasteiger partial charge in [-0.05, 0) is 18.2 Å². The van der Waals surface area contributed by atoms with Crippen LogP contribution >= 0.6 is 11.6 Å². The minimum Gasteiger partial charge on any atom is -0.399 e. The van der Waals surface area contributed by atoms with Crippen molar-refractivity contribution in [1.29, 1.82) is 0 Å². The van der Waals surface area contributed by atoms with Gasteiger partial charge in [-0.15, -0.1) is 0 Å². The minimum atomic E-state index is -0.913. The van der Waals surface area contributed by atoms with Gasteiger partial charge in [-0.3, -0.25) is 9.00 Å². The van der Waals surface area contributed by atoms with E-state index in [1.165, 1.54) is 6.07 Å². The van der Waals surface area contributed by atoms with E-state index in [0.29, 0.717) is 28.6 Å². The first-order chi connectivity index (χ1) is 7.49. The first kappa shape index (κ1) is 13.0. The van der Waals surface area contributed by atoms with Gasteiger partial charge < -0.3 is 11.1 Å². The Morgan fingerprint density at radius 2 is 2.19 bits per heavy atom. The van der Waals surface area contributed by atoms with E-state index in [1.807, 2.05) is 0 Å². The summed E-state index contributed by atoms with van der Waals surface area (Å²) in [6.45, 7) is 0.369. The minimum absolute atomic E-state index is 0.264. The number of nitrogens with one attached hydrogen (secondary N) is 1. The Morgan fingerprint density at radius 1 is 1.50 bits per heavy atom. The van der Waals surface area contributed by atoms with Crippen LogP contribution in [0.1, 0.15) is 10.4 Å². The number of carbonyl (C=O) groups is 1. The standard InChI is InChI=1S/C10H13ClN2O2S/c1-16(15)3-2-13-10(14)7-4-8(11)6-9(12)5-7/h4-6H,2-3,12H2,1H3,(H,13,14). The number of amides is 1. The molecule has 0 spiro atoms. The average molecular weight is 261 g/mol. The molecule has 0 aliphatic rings. The molecule has 0 aliphatic heterocycles. The van der Waals surface area contributed by atoms with E-state index in [4.69, 9.17) is 17.3 Å². The van der Waals surface area contributed by atoms with Gasteiger partial charge in [0.1, 0.15) is 0 Å². The normalized spacial score (nSPS) is 12.1. The van der Waals surface area contributed by atoms with Crippen LogP contribution in [0.15, 0.2) is 18.2 Å². The molecule has 0 aliphatic carbocycles. The van der Waals surface area contributed by atoms with Crippen molar-refractivity contribution in [3.63, 3.8) is 0 Å². The van der Waals surface area contributed by atoms with E-state index < -0.39 is 10.8 Å². The zero-order chi connectivity index (χ0) is 12.1. The number of benzene rings is 1. The molecule has 1 amide bonds. The highest BCUT2D eigenvalue weighted by atomic mass is 35.5. The lowest BCUT2D eigenvalue weighted by Gasteiger charge is -2.05. The average Bonchev–Trinajstić information content (AvgIpc) is 2.15. The molecule has 0 saturated heterocycles. The molecule has 0 heterocycles. The summed E-state index contributed by atoms with van der Waals surface area (Å²) in [6, 6.07) is 4.65. The molecule has 1 rings (SSSR count). The van der Waals surface area contributed by atoms with Crippen LogP contribution in [0.5, 0.6) is 0 Å². The Bertz CT molecular complexity index is 403. The van der Waals surface area contributed by atoms with Crippen molar-refractivity contribution in [2.45, 2.75) is 0 Å². The summed E-state index contributed by atoms with van der Waals surface area (Å²) in [5, 5.41) is 3.06. The first-order valence-electron chi connectivity index (χ1n) is 4.63. The molecule has 1 aromatic carbocycles. The van der Waals surface area contributed by atoms with Crippen molar-refractivity contribution < 1.29 is 9.00 Å². The first-order valence-corrected chi connectivity index (χ1v) is 6.74. The van der Waals surface area contributed by atoms with E-state index in [2.05, 4.69) is 5.32 Å². The summed E-state index contributed by atoms with van der Waals surface area (Å²) in [4.78, 5) is 11.6. The van der Waals surface area contributed by atoms with Crippen LogP contribution in [-0.2, 0) is 10.8 Å². The lowest BCUT2D eigenvalue weighted by atomic mass is 10.2. The van der Waals surface area contributed by atoms with Gasteiger partial charge in [-0.25, -0.2) is 0 Å². The lowest BCUT2D eigenvalue weighted by molar-refractivity contribution is 0.0956. The molecule has 4 nitrogen and oxygen atoms in total. The summed E-state index contributed by atoms with van der Waals surface area (Å²) in [5.41, 5.74) is 6.41. The fourth-order valence-electron chi connectivity index (χ4n) is 1.15. The van der Waals surface area contributed by atoms with Crippen LogP contribution in [0.25, 0.3) is 0 Å². The smallest absolute Gasteiger partial charge is 0.251 e. The molecule has 0 saturated carbocycles. The Balaban J connectivity index is 2.62. The summed E-state index contributed by atoms with van der Waals surface area (Å²) in [5.74, 6) is 0.168. The molecule has 0 radical (unpaired) electrons. The Morgan fingerprint density at radius 3 is 2.75 bits per heavy atom. The number of anilines is 1. The Hall–Kier alpha value is -1.07. The van der Waals surface area contributed by atoms with Gasteiger partial charge in [0.25, 0.3) is 5.91 Å². The quantitative estimate of drug-likeness (QED) is 0.795.